The number of ether oxygens (including phenoxy) is 1. The lowest BCUT2D eigenvalue weighted by Gasteiger charge is -2.08. The van der Waals surface area contributed by atoms with Crippen molar-refractivity contribution < 1.29 is 9.53 Å². The Morgan fingerprint density at radius 1 is 1.00 bits per heavy atom. The molecular formula is C18H15ClN4O2. The number of benzene rings is 2. The molecule has 0 aliphatic rings. The van der Waals surface area contributed by atoms with Crippen LogP contribution in [-0.2, 0) is 0 Å². The summed E-state index contributed by atoms with van der Waals surface area (Å²) in [7, 11) is 1.60. The van der Waals surface area contributed by atoms with Gasteiger partial charge in [0.15, 0.2) is 11.5 Å². The molecule has 1 amide bonds. The minimum absolute atomic E-state index is 0.205. The van der Waals surface area contributed by atoms with Crippen molar-refractivity contribution in [3.8, 4) is 5.75 Å². The predicted octanol–water partition coefficient (Wildman–Crippen LogP) is 4.13. The molecule has 0 atom stereocenters. The van der Waals surface area contributed by atoms with Gasteiger partial charge in [0, 0.05) is 22.5 Å². The molecule has 0 unspecified atom stereocenters. The number of halogens is 1. The van der Waals surface area contributed by atoms with E-state index in [2.05, 4.69) is 20.8 Å². The molecule has 0 saturated carbocycles. The summed E-state index contributed by atoms with van der Waals surface area (Å²) < 4.78 is 5.17. The SMILES string of the molecule is COc1cccc(Nc2ccc(C(=O)Nc3cccc(Cl)c3)nn2)c1. The van der Waals surface area contributed by atoms with Gasteiger partial charge in [-0.25, -0.2) is 0 Å². The van der Waals surface area contributed by atoms with Gasteiger partial charge in [-0.05, 0) is 42.5 Å². The van der Waals surface area contributed by atoms with E-state index in [1.807, 2.05) is 24.3 Å². The van der Waals surface area contributed by atoms with Gasteiger partial charge in [-0.1, -0.05) is 23.7 Å². The highest BCUT2D eigenvalue weighted by atomic mass is 35.5. The number of anilines is 3. The Balaban J connectivity index is 1.68. The molecule has 126 valence electrons. The summed E-state index contributed by atoms with van der Waals surface area (Å²) in [5.74, 6) is 0.894. The zero-order chi connectivity index (χ0) is 17.6. The van der Waals surface area contributed by atoms with Crippen molar-refractivity contribution in [2.24, 2.45) is 0 Å². The lowest BCUT2D eigenvalue weighted by Crippen LogP contribution is -2.14. The summed E-state index contributed by atoms with van der Waals surface area (Å²) in [6.07, 6.45) is 0. The second kappa shape index (κ2) is 7.63. The molecule has 1 heterocycles. The van der Waals surface area contributed by atoms with Gasteiger partial charge in [0.05, 0.1) is 7.11 Å². The van der Waals surface area contributed by atoms with E-state index in [4.69, 9.17) is 16.3 Å². The second-order valence-electron chi connectivity index (χ2n) is 5.13. The molecule has 0 aliphatic carbocycles. The van der Waals surface area contributed by atoms with Crippen molar-refractivity contribution in [3.63, 3.8) is 0 Å². The van der Waals surface area contributed by atoms with Crippen molar-refractivity contribution in [1.82, 2.24) is 10.2 Å². The maximum atomic E-state index is 12.2. The Kier molecular flexibility index (Phi) is 5.11. The number of hydrogen-bond acceptors (Lipinski definition) is 5. The van der Waals surface area contributed by atoms with E-state index in [-0.39, 0.29) is 11.6 Å². The van der Waals surface area contributed by atoms with Crippen LogP contribution < -0.4 is 15.4 Å². The van der Waals surface area contributed by atoms with E-state index in [0.29, 0.717) is 16.5 Å². The Bertz CT molecular complexity index is 884. The van der Waals surface area contributed by atoms with Crippen LogP contribution in [0.3, 0.4) is 0 Å². The van der Waals surface area contributed by atoms with E-state index < -0.39 is 0 Å². The fourth-order valence-electron chi connectivity index (χ4n) is 2.13. The Morgan fingerprint density at radius 3 is 2.52 bits per heavy atom. The van der Waals surface area contributed by atoms with Crippen LogP contribution in [0.15, 0.2) is 60.7 Å². The number of rotatable bonds is 5. The smallest absolute Gasteiger partial charge is 0.276 e. The largest absolute Gasteiger partial charge is 0.497 e. The number of carbonyl (C=O) groups is 1. The normalized spacial score (nSPS) is 10.2. The monoisotopic (exact) mass is 354 g/mol. The first-order valence-corrected chi connectivity index (χ1v) is 7.83. The van der Waals surface area contributed by atoms with E-state index in [9.17, 15) is 4.79 Å². The number of amides is 1. The number of methoxy groups -OCH3 is 1. The Morgan fingerprint density at radius 2 is 1.80 bits per heavy atom. The van der Waals surface area contributed by atoms with Crippen molar-refractivity contribution >= 4 is 34.7 Å². The van der Waals surface area contributed by atoms with Crippen molar-refractivity contribution in [1.29, 1.82) is 0 Å². The zero-order valence-corrected chi connectivity index (χ0v) is 14.1. The molecule has 2 aromatic carbocycles. The van der Waals surface area contributed by atoms with Gasteiger partial charge < -0.3 is 15.4 Å². The van der Waals surface area contributed by atoms with Crippen LogP contribution in [0.5, 0.6) is 5.75 Å². The topological polar surface area (TPSA) is 76.1 Å². The van der Waals surface area contributed by atoms with E-state index >= 15 is 0 Å². The summed E-state index contributed by atoms with van der Waals surface area (Å²) in [4.78, 5) is 12.2. The molecule has 25 heavy (non-hydrogen) atoms. The summed E-state index contributed by atoms with van der Waals surface area (Å²) in [6.45, 7) is 0. The number of aromatic nitrogens is 2. The molecule has 3 rings (SSSR count). The van der Waals surface area contributed by atoms with Crippen molar-refractivity contribution in [2.45, 2.75) is 0 Å². The zero-order valence-electron chi connectivity index (χ0n) is 13.4. The standard InChI is InChI=1S/C18H15ClN4O2/c1-25-15-7-3-6-14(11-15)20-17-9-8-16(22-23-17)18(24)21-13-5-2-4-12(19)10-13/h2-11H,1H3,(H,20,23)(H,21,24). The summed E-state index contributed by atoms with van der Waals surface area (Å²) in [5, 5.41) is 14.3. The highest BCUT2D eigenvalue weighted by Gasteiger charge is 2.09. The van der Waals surface area contributed by atoms with E-state index in [1.54, 1.807) is 43.5 Å². The molecule has 0 saturated heterocycles. The van der Waals surface area contributed by atoms with E-state index in [1.165, 1.54) is 0 Å². The van der Waals surface area contributed by atoms with Gasteiger partial charge in [-0.3, -0.25) is 4.79 Å². The van der Waals surface area contributed by atoms with Gasteiger partial charge in [0.2, 0.25) is 0 Å². The van der Waals surface area contributed by atoms with Crippen LogP contribution in [0.2, 0.25) is 5.02 Å². The van der Waals surface area contributed by atoms with Crippen LogP contribution >= 0.6 is 11.6 Å². The Hall–Kier alpha value is -3.12. The number of hydrogen-bond donors (Lipinski definition) is 2. The summed E-state index contributed by atoms with van der Waals surface area (Å²) in [5.41, 5.74) is 1.61. The minimum atomic E-state index is -0.359. The van der Waals surface area contributed by atoms with Crippen LogP contribution in [-0.4, -0.2) is 23.2 Å². The predicted molar refractivity (Wildman–Crippen MR) is 97.7 cm³/mol. The molecule has 0 radical (unpaired) electrons. The maximum Gasteiger partial charge on any atom is 0.276 e. The highest BCUT2D eigenvalue weighted by molar-refractivity contribution is 6.30. The fourth-order valence-corrected chi connectivity index (χ4v) is 2.32. The average Bonchev–Trinajstić information content (AvgIpc) is 2.62. The lowest BCUT2D eigenvalue weighted by molar-refractivity contribution is 0.102. The number of carbonyl (C=O) groups excluding carboxylic acids is 1. The third-order valence-corrected chi connectivity index (χ3v) is 3.56. The van der Waals surface area contributed by atoms with Gasteiger partial charge >= 0.3 is 0 Å². The molecule has 0 aliphatic heterocycles. The average molecular weight is 355 g/mol. The number of nitrogens with zero attached hydrogens (tertiary/aromatic N) is 2. The molecular weight excluding hydrogens is 340 g/mol. The molecule has 0 fully saturated rings. The third-order valence-electron chi connectivity index (χ3n) is 3.32. The molecule has 1 aromatic heterocycles. The fraction of sp³-hybridized carbons (Fsp3) is 0.0556. The minimum Gasteiger partial charge on any atom is -0.497 e. The maximum absolute atomic E-state index is 12.2. The van der Waals surface area contributed by atoms with Crippen LogP contribution in [0, 0.1) is 0 Å². The first-order valence-electron chi connectivity index (χ1n) is 7.46. The molecule has 0 spiro atoms. The van der Waals surface area contributed by atoms with Gasteiger partial charge in [0.1, 0.15) is 5.75 Å². The first kappa shape index (κ1) is 16.7. The molecule has 6 nitrogen and oxygen atoms in total. The van der Waals surface area contributed by atoms with E-state index in [0.717, 1.165) is 11.4 Å². The third kappa shape index (κ3) is 4.45. The molecule has 3 aromatic rings. The quantitative estimate of drug-likeness (QED) is 0.720. The van der Waals surface area contributed by atoms with Gasteiger partial charge in [-0.15, -0.1) is 10.2 Å². The van der Waals surface area contributed by atoms with Crippen molar-refractivity contribution in [3.05, 3.63) is 71.4 Å². The highest BCUT2D eigenvalue weighted by Crippen LogP contribution is 2.20. The lowest BCUT2D eigenvalue weighted by atomic mass is 10.3. The number of nitrogens with one attached hydrogen (secondary N) is 2. The van der Waals surface area contributed by atoms with Crippen LogP contribution in [0.1, 0.15) is 10.5 Å². The summed E-state index contributed by atoms with van der Waals surface area (Å²) in [6, 6.07) is 17.6. The molecule has 7 heteroatoms. The van der Waals surface area contributed by atoms with Gasteiger partial charge in [-0.2, -0.15) is 0 Å². The molecule has 2 N–H and O–H groups in total. The van der Waals surface area contributed by atoms with Crippen LogP contribution in [0.25, 0.3) is 0 Å². The second-order valence-corrected chi connectivity index (χ2v) is 5.56. The van der Waals surface area contributed by atoms with Gasteiger partial charge in [0.25, 0.3) is 5.91 Å². The van der Waals surface area contributed by atoms with Crippen LogP contribution in [0.4, 0.5) is 17.2 Å². The van der Waals surface area contributed by atoms with Crippen molar-refractivity contribution in [2.75, 3.05) is 17.7 Å². The molecule has 0 bridgehead atoms. The summed E-state index contributed by atoms with van der Waals surface area (Å²) >= 11 is 5.90. The first-order chi connectivity index (χ1) is 12.1. The Labute approximate surface area is 149 Å².